The fraction of sp³-hybridized carbons (Fsp3) is 0.333. The van der Waals surface area contributed by atoms with Crippen molar-refractivity contribution in [3.8, 4) is 0 Å². The largest absolute Gasteiger partial charge is 0.379 e. The number of carbonyl (C=O) groups is 1. The summed E-state index contributed by atoms with van der Waals surface area (Å²) in [5.41, 5.74) is 1.59. The van der Waals surface area contributed by atoms with Gasteiger partial charge in [0.05, 0.1) is 37.4 Å². The number of amides is 1. The summed E-state index contributed by atoms with van der Waals surface area (Å²) >= 11 is 0. The van der Waals surface area contributed by atoms with Gasteiger partial charge in [0.2, 0.25) is 15.0 Å². The Bertz CT molecular complexity index is 1300. The highest BCUT2D eigenvalue weighted by atomic mass is 32.2. The summed E-state index contributed by atoms with van der Waals surface area (Å²) in [4.78, 5) is 21.6. The monoisotopic (exact) mass is 526 g/mol. The standard InChI is InChI=1S/C27H31FN4O4S/c1-2-12-32-25(19-29-27(32)37(34,35)21-22-6-4-3-5-7-22)20-31(14-13-30-15-17-36-18-16-30)26(33)23-8-10-24(28)11-9-23/h2-11,19H,1,12-18,20-21H2. The van der Waals surface area contributed by atoms with Crippen molar-refractivity contribution in [2.24, 2.45) is 0 Å². The molecule has 0 atom stereocenters. The quantitative estimate of drug-likeness (QED) is 0.357. The van der Waals surface area contributed by atoms with Gasteiger partial charge < -0.3 is 14.2 Å². The number of benzene rings is 2. The fourth-order valence-electron chi connectivity index (χ4n) is 4.26. The Kier molecular flexibility index (Phi) is 8.86. The Morgan fingerprint density at radius 1 is 1.11 bits per heavy atom. The smallest absolute Gasteiger partial charge is 0.254 e. The van der Waals surface area contributed by atoms with Crippen molar-refractivity contribution >= 4 is 15.7 Å². The van der Waals surface area contributed by atoms with Gasteiger partial charge in [0.15, 0.2) is 0 Å². The lowest BCUT2D eigenvalue weighted by atomic mass is 10.2. The number of hydrogen-bond donors (Lipinski definition) is 0. The molecule has 10 heteroatoms. The van der Waals surface area contributed by atoms with Crippen LogP contribution in [0.4, 0.5) is 4.39 Å². The van der Waals surface area contributed by atoms with Crippen LogP contribution >= 0.6 is 0 Å². The SMILES string of the molecule is C=CCn1c(CN(CCN2CCOCC2)C(=O)c2ccc(F)cc2)cnc1S(=O)(=O)Cc1ccccc1. The molecule has 0 bridgehead atoms. The predicted molar refractivity (Wildman–Crippen MR) is 138 cm³/mol. The van der Waals surface area contributed by atoms with E-state index in [9.17, 15) is 17.6 Å². The number of allylic oxidation sites excluding steroid dienone is 1. The summed E-state index contributed by atoms with van der Waals surface area (Å²) in [7, 11) is -3.75. The lowest BCUT2D eigenvalue weighted by molar-refractivity contribution is 0.0319. The minimum Gasteiger partial charge on any atom is -0.379 e. The van der Waals surface area contributed by atoms with Gasteiger partial charge in [-0.05, 0) is 29.8 Å². The second-order valence-corrected chi connectivity index (χ2v) is 10.7. The number of morpholine rings is 1. The highest BCUT2D eigenvalue weighted by Gasteiger charge is 2.26. The zero-order valence-corrected chi connectivity index (χ0v) is 21.4. The molecule has 1 aliphatic rings. The van der Waals surface area contributed by atoms with Gasteiger partial charge in [-0.3, -0.25) is 9.69 Å². The van der Waals surface area contributed by atoms with Crippen LogP contribution in [0.15, 0.2) is 78.6 Å². The third kappa shape index (κ3) is 6.91. The van der Waals surface area contributed by atoms with Crippen molar-refractivity contribution in [2.75, 3.05) is 39.4 Å². The first-order valence-electron chi connectivity index (χ1n) is 12.1. The average Bonchev–Trinajstić information content (AvgIpc) is 3.31. The van der Waals surface area contributed by atoms with Gasteiger partial charge in [0, 0.05) is 38.3 Å². The van der Waals surface area contributed by atoms with Crippen LogP contribution in [0.25, 0.3) is 0 Å². The Balaban J connectivity index is 1.60. The molecule has 1 aliphatic heterocycles. The zero-order chi connectivity index (χ0) is 26.3. The van der Waals surface area contributed by atoms with E-state index in [0.717, 1.165) is 13.1 Å². The minimum atomic E-state index is -3.75. The van der Waals surface area contributed by atoms with Crippen molar-refractivity contribution < 1.29 is 22.3 Å². The molecule has 0 saturated carbocycles. The van der Waals surface area contributed by atoms with Gasteiger partial charge in [0.25, 0.3) is 5.91 Å². The van der Waals surface area contributed by atoms with Crippen LogP contribution in [0.5, 0.6) is 0 Å². The van der Waals surface area contributed by atoms with Crippen molar-refractivity contribution in [3.05, 3.63) is 96.1 Å². The third-order valence-corrected chi connectivity index (χ3v) is 7.81. The second-order valence-electron chi connectivity index (χ2n) is 8.86. The van der Waals surface area contributed by atoms with Gasteiger partial charge in [0.1, 0.15) is 5.82 Å². The highest BCUT2D eigenvalue weighted by Crippen LogP contribution is 2.20. The molecule has 1 saturated heterocycles. The van der Waals surface area contributed by atoms with E-state index in [1.807, 2.05) is 6.07 Å². The summed E-state index contributed by atoms with van der Waals surface area (Å²) in [6, 6.07) is 14.3. The Morgan fingerprint density at radius 2 is 1.81 bits per heavy atom. The van der Waals surface area contributed by atoms with Crippen molar-refractivity contribution in [3.63, 3.8) is 0 Å². The maximum atomic E-state index is 13.5. The second kappa shape index (κ2) is 12.3. The van der Waals surface area contributed by atoms with E-state index in [1.54, 1.807) is 39.8 Å². The number of nitrogens with zero attached hydrogens (tertiary/aromatic N) is 4. The molecule has 0 N–H and O–H groups in total. The summed E-state index contributed by atoms with van der Waals surface area (Å²) in [6.07, 6.45) is 3.10. The highest BCUT2D eigenvalue weighted by molar-refractivity contribution is 7.90. The lowest BCUT2D eigenvalue weighted by Gasteiger charge is -2.30. The van der Waals surface area contributed by atoms with Crippen LogP contribution in [-0.2, 0) is 33.4 Å². The molecule has 0 aliphatic carbocycles. The third-order valence-electron chi connectivity index (χ3n) is 6.21. The van der Waals surface area contributed by atoms with E-state index >= 15 is 0 Å². The molecule has 0 radical (unpaired) electrons. The number of ether oxygens (including phenoxy) is 1. The molecule has 1 amide bonds. The average molecular weight is 527 g/mol. The van der Waals surface area contributed by atoms with Gasteiger partial charge in [-0.25, -0.2) is 17.8 Å². The van der Waals surface area contributed by atoms with E-state index in [0.29, 0.717) is 43.1 Å². The van der Waals surface area contributed by atoms with Gasteiger partial charge in [-0.2, -0.15) is 0 Å². The first-order valence-corrected chi connectivity index (χ1v) is 13.8. The molecular formula is C27H31FN4O4S. The number of carbonyl (C=O) groups excluding carboxylic acids is 1. The van der Waals surface area contributed by atoms with E-state index < -0.39 is 15.7 Å². The lowest BCUT2D eigenvalue weighted by Crippen LogP contribution is -2.43. The molecule has 37 heavy (non-hydrogen) atoms. The van der Waals surface area contributed by atoms with Crippen LogP contribution in [0.3, 0.4) is 0 Å². The van der Waals surface area contributed by atoms with Gasteiger partial charge in [-0.15, -0.1) is 6.58 Å². The van der Waals surface area contributed by atoms with E-state index in [-0.39, 0.29) is 29.9 Å². The molecule has 4 rings (SSSR count). The maximum absolute atomic E-state index is 13.5. The Hall–Kier alpha value is -3.34. The Labute approximate surface area is 216 Å². The van der Waals surface area contributed by atoms with Crippen LogP contribution in [-0.4, -0.2) is 73.1 Å². The van der Waals surface area contributed by atoms with Crippen molar-refractivity contribution in [1.29, 1.82) is 0 Å². The first kappa shape index (κ1) is 26.7. The molecule has 2 aromatic carbocycles. The van der Waals surface area contributed by atoms with Crippen molar-refractivity contribution in [2.45, 2.75) is 24.0 Å². The van der Waals surface area contributed by atoms with Gasteiger partial charge >= 0.3 is 0 Å². The maximum Gasteiger partial charge on any atom is 0.254 e. The predicted octanol–water partition coefficient (Wildman–Crippen LogP) is 3.16. The molecule has 2 heterocycles. The fourth-order valence-corrected chi connectivity index (χ4v) is 5.76. The molecular weight excluding hydrogens is 495 g/mol. The van der Waals surface area contributed by atoms with Crippen LogP contribution in [0.1, 0.15) is 21.6 Å². The Morgan fingerprint density at radius 3 is 2.49 bits per heavy atom. The summed E-state index contributed by atoms with van der Waals surface area (Å²) in [6.45, 7) is 8.00. The number of aromatic nitrogens is 2. The normalized spacial score (nSPS) is 14.4. The summed E-state index contributed by atoms with van der Waals surface area (Å²) in [5.74, 6) is -0.876. The molecule has 0 spiro atoms. The van der Waals surface area contributed by atoms with E-state index in [2.05, 4.69) is 16.5 Å². The van der Waals surface area contributed by atoms with E-state index in [1.165, 1.54) is 30.5 Å². The number of imidazole rings is 1. The molecule has 1 fully saturated rings. The molecule has 3 aromatic rings. The van der Waals surface area contributed by atoms with Crippen LogP contribution < -0.4 is 0 Å². The zero-order valence-electron chi connectivity index (χ0n) is 20.6. The minimum absolute atomic E-state index is 0.0615. The number of hydrogen-bond acceptors (Lipinski definition) is 6. The molecule has 196 valence electrons. The van der Waals surface area contributed by atoms with Crippen LogP contribution in [0, 0.1) is 5.82 Å². The van der Waals surface area contributed by atoms with E-state index in [4.69, 9.17) is 4.74 Å². The summed E-state index contributed by atoms with van der Waals surface area (Å²) < 4.78 is 47.0. The number of sulfone groups is 1. The summed E-state index contributed by atoms with van der Waals surface area (Å²) in [5, 5.41) is -0.0615. The number of halogens is 1. The van der Waals surface area contributed by atoms with Gasteiger partial charge in [-0.1, -0.05) is 36.4 Å². The number of rotatable bonds is 11. The topological polar surface area (TPSA) is 84.7 Å². The molecule has 1 aromatic heterocycles. The molecule has 0 unspecified atom stereocenters. The van der Waals surface area contributed by atoms with Crippen LogP contribution in [0.2, 0.25) is 0 Å². The van der Waals surface area contributed by atoms with Crippen molar-refractivity contribution in [1.82, 2.24) is 19.4 Å². The molecule has 8 nitrogen and oxygen atoms in total. The first-order chi connectivity index (χ1) is 17.9.